The largest absolute Gasteiger partial charge is 0.464 e. The van der Waals surface area contributed by atoms with Gasteiger partial charge in [0, 0.05) is 46.3 Å². The standard InChI is InChI=1S/C12H20N2O2/c1-15-10-12-3-2-11(16-12)4-7-14-8-5-13-6-9-14/h2-3,13H,4-10H2,1H3. The predicted octanol–water partition coefficient (Wildman–Crippen LogP) is 0.874. The van der Waals surface area contributed by atoms with E-state index in [0.717, 1.165) is 50.7 Å². The molecular weight excluding hydrogens is 204 g/mol. The third-order valence-electron chi connectivity index (χ3n) is 2.89. The van der Waals surface area contributed by atoms with Crippen molar-refractivity contribution in [2.75, 3.05) is 39.8 Å². The Morgan fingerprint density at radius 1 is 1.31 bits per heavy atom. The molecule has 0 spiro atoms. The monoisotopic (exact) mass is 224 g/mol. The van der Waals surface area contributed by atoms with Crippen molar-refractivity contribution in [1.29, 1.82) is 0 Å². The van der Waals surface area contributed by atoms with Gasteiger partial charge in [-0.05, 0) is 12.1 Å². The zero-order valence-corrected chi connectivity index (χ0v) is 9.87. The third-order valence-corrected chi connectivity index (χ3v) is 2.89. The fourth-order valence-corrected chi connectivity index (χ4v) is 1.98. The minimum atomic E-state index is 0.563. The van der Waals surface area contributed by atoms with Gasteiger partial charge < -0.3 is 19.4 Å². The molecule has 0 unspecified atom stereocenters. The van der Waals surface area contributed by atoms with Crippen molar-refractivity contribution in [1.82, 2.24) is 10.2 Å². The Hall–Kier alpha value is -0.840. The molecule has 1 aromatic heterocycles. The van der Waals surface area contributed by atoms with Gasteiger partial charge in [-0.1, -0.05) is 0 Å². The summed E-state index contributed by atoms with van der Waals surface area (Å²) in [5, 5.41) is 3.35. The van der Waals surface area contributed by atoms with Crippen LogP contribution in [0.15, 0.2) is 16.5 Å². The zero-order chi connectivity index (χ0) is 11.2. The molecule has 90 valence electrons. The molecule has 0 radical (unpaired) electrons. The van der Waals surface area contributed by atoms with Crippen LogP contribution in [-0.2, 0) is 17.8 Å². The van der Waals surface area contributed by atoms with E-state index in [1.54, 1.807) is 7.11 Å². The average Bonchev–Trinajstić information content (AvgIpc) is 2.76. The van der Waals surface area contributed by atoms with Crippen LogP contribution in [0.3, 0.4) is 0 Å². The van der Waals surface area contributed by atoms with Crippen LogP contribution in [0.5, 0.6) is 0 Å². The smallest absolute Gasteiger partial charge is 0.129 e. The Balaban J connectivity index is 1.75. The second kappa shape index (κ2) is 6.03. The van der Waals surface area contributed by atoms with E-state index in [2.05, 4.69) is 16.3 Å². The maximum absolute atomic E-state index is 5.65. The Kier molecular flexibility index (Phi) is 4.39. The van der Waals surface area contributed by atoms with Crippen LogP contribution >= 0.6 is 0 Å². The molecule has 0 aromatic carbocycles. The number of rotatable bonds is 5. The van der Waals surface area contributed by atoms with Crippen LogP contribution in [0.25, 0.3) is 0 Å². The summed E-state index contributed by atoms with van der Waals surface area (Å²) in [4.78, 5) is 2.47. The molecule has 16 heavy (non-hydrogen) atoms. The van der Waals surface area contributed by atoms with Gasteiger partial charge in [0.15, 0.2) is 0 Å². The van der Waals surface area contributed by atoms with E-state index in [0.29, 0.717) is 6.61 Å². The molecule has 1 fully saturated rings. The van der Waals surface area contributed by atoms with Gasteiger partial charge in [-0.15, -0.1) is 0 Å². The van der Waals surface area contributed by atoms with Crippen molar-refractivity contribution in [2.24, 2.45) is 0 Å². The summed E-state index contributed by atoms with van der Waals surface area (Å²) in [7, 11) is 1.68. The number of furan rings is 1. The highest BCUT2D eigenvalue weighted by molar-refractivity contribution is 5.06. The highest BCUT2D eigenvalue weighted by Crippen LogP contribution is 2.10. The van der Waals surface area contributed by atoms with Crippen LogP contribution in [0.1, 0.15) is 11.5 Å². The van der Waals surface area contributed by atoms with Gasteiger partial charge in [0.1, 0.15) is 18.1 Å². The zero-order valence-electron chi connectivity index (χ0n) is 9.87. The number of methoxy groups -OCH3 is 1. The SMILES string of the molecule is COCc1ccc(CCN2CCNCC2)o1. The van der Waals surface area contributed by atoms with Gasteiger partial charge in [0.2, 0.25) is 0 Å². The molecule has 0 atom stereocenters. The van der Waals surface area contributed by atoms with Crippen molar-refractivity contribution in [3.05, 3.63) is 23.7 Å². The molecule has 0 aliphatic carbocycles. The lowest BCUT2D eigenvalue weighted by molar-refractivity contribution is 0.162. The lowest BCUT2D eigenvalue weighted by Gasteiger charge is -2.26. The maximum Gasteiger partial charge on any atom is 0.129 e. The van der Waals surface area contributed by atoms with Gasteiger partial charge in [-0.2, -0.15) is 0 Å². The summed E-state index contributed by atoms with van der Waals surface area (Å²) in [5.41, 5.74) is 0. The van der Waals surface area contributed by atoms with E-state index in [-0.39, 0.29) is 0 Å². The molecule has 1 N–H and O–H groups in total. The number of nitrogens with zero attached hydrogens (tertiary/aromatic N) is 1. The van der Waals surface area contributed by atoms with Crippen molar-refractivity contribution >= 4 is 0 Å². The van der Waals surface area contributed by atoms with E-state index in [4.69, 9.17) is 9.15 Å². The van der Waals surface area contributed by atoms with Crippen molar-refractivity contribution < 1.29 is 9.15 Å². The first-order valence-corrected chi connectivity index (χ1v) is 5.88. The Morgan fingerprint density at radius 2 is 2.06 bits per heavy atom. The van der Waals surface area contributed by atoms with E-state index in [9.17, 15) is 0 Å². The third kappa shape index (κ3) is 3.33. The van der Waals surface area contributed by atoms with Gasteiger partial charge >= 0.3 is 0 Å². The first-order valence-electron chi connectivity index (χ1n) is 5.88. The number of hydrogen-bond donors (Lipinski definition) is 1. The molecule has 0 amide bonds. The van der Waals surface area contributed by atoms with Crippen LogP contribution in [0.4, 0.5) is 0 Å². The molecule has 4 heteroatoms. The van der Waals surface area contributed by atoms with Gasteiger partial charge in [-0.25, -0.2) is 0 Å². The lowest BCUT2D eigenvalue weighted by atomic mass is 10.3. The van der Waals surface area contributed by atoms with Crippen LogP contribution in [0, 0.1) is 0 Å². The van der Waals surface area contributed by atoms with Crippen LogP contribution in [0.2, 0.25) is 0 Å². The molecule has 1 aliphatic heterocycles. The molecule has 2 heterocycles. The number of piperazine rings is 1. The Morgan fingerprint density at radius 3 is 2.81 bits per heavy atom. The molecule has 4 nitrogen and oxygen atoms in total. The fourth-order valence-electron chi connectivity index (χ4n) is 1.98. The summed E-state index contributed by atoms with van der Waals surface area (Å²) in [6, 6.07) is 4.05. The minimum Gasteiger partial charge on any atom is -0.464 e. The van der Waals surface area contributed by atoms with E-state index in [1.807, 2.05) is 6.07 Å². The fraction of sp³-hybridized carbons (Fsp3) is 0.667. The summed E-state index contributed by atoms with van der Waals surface area (Å²) >= 11 is 0. The molecule has 2 rings (SSSR count). The lowest BCUT2D eigenvalue weighted by Crippen LogP contribution is -2.44. The average molecular weight is 224 g/mol. The minimum absolute atomic E-state index is 0.563. The molecule has 0 saturated carbocycles. The first kappa shape index (κ1) is 11.6. The highest BCUT2D eigenvalue weighted by atomic mass is 16.5. The van der Waals surface area contributed by atoms with Gasteiger partial charge in [-0.3, -0.25) is 0 Å². The molecular formula is C12H20N2O2. The van der Waals surface area contributed by atoms with Gasteiger partial charge in [0.25, 0.3) is 0 Å². The molecule has 1 saturated heterocycles. The Bertz CT molecular complexity index is 306. The van der Waals surface area contributed by atoms with Crippen molar-refractivity contribution in [3.8, 4) is 0 Å². The van der Waals surface area contributed by atoms with E-state index < -0.39 is 0 Å². The number of ether oxygens (including phenoxy) is 1. The van der Waals surface area contributed by atoms with E-state index >= 15 is 0 Å². The summed E-state index contributed by atoms with van der Waals surface area (Å²) in [5.74, 6) is 1.98. The first-order chi connectivity index (χ1) is 7.88. The number of hydrogen-bond acceptors (Lipinski definition) is 4. The molecule has 1 aromatic rings. The number of nitrogens with one attached hydrogen (secondary N) is 1. The predicted molar refractivity (Wildman–Crippen MR) is 62.4 cm³/mol. The molecule has 0 bridgehead atoms. The van der Waals surface area contributed by atoms with Crippen LogP contribution in [-0.4, -0.2) is 44.7 Å². The second-order valence-corrected chi connectivity index (χ2v) is 4.14. The summed E-state index contributed by atoms with van der Waals surface area (Å²) < 4.78 is 10.7. The normalized spacial score (nSPS) is 17.8. The summed E-state index contributed by atoms with van der Waals surface area (Å²) in [6.45, 7) is 6.15. The maximum atomic E-state index is 5.65. The van der Waals surface area contributed by atoms with Crippen LogP contribution < -0.4 is 5.32 Å². The van der Waals surface area contributed by atoms with Crippen molar-refractivity contribution in [3.63, 3.8) is 0 Å². The molecule has 1 aliphatic rings. The summed E-state index contributed by atoms with van der Waals surface area (Å²) in [6.07, 6.45) is 0.990. The van der Waals surface area contributed by atoms with Crippen molar-refractivity contribution in [2.45, 2.75) is 13.0 Å². The topological polar surface area (TPSA) is 37.6 Å². The Labute approximate surface area is 96.6 Å². The van der Waals surface area contributed by atoms with E-state index in [1.165, 1.54) is 0 Å². The second-order valence-electron chi connectivity index (χ2n) is 4.14. The quantitative estimate of drug-likeness (QED) is 0.805. The highest BCUT2D eigenvalue weighted by Gasteiger charge is 2.10. The van der Waals surface area contributed by atoms with Gasteiger partial charge in [0.05, 0.1) is 0 Å².